The fraction of sp³-hybridized carbons (Fsp3) is 0.355. The van der Waals surface area contributed by atoms with Gasteiger partial charge < -0.3 is 19.7 Å². The zero-order valence-corrected chi connectivity index (χ0v) is 27.2. The smallest absolute Gasteiger partial charge is 0.264 e. The summed E-state index contributed by atoms with van der Waals surface area (Å²) in [5.41, 5.74) is 0.611. The molecule has 2 atom stereocenters. The predicted molar refractivity (Wildman–Crippen MR) is 170 cm³/mol. The first-order chi connectivity index (χ1) is 20.5. The van der Waals surface area contributed by atoms with E-state index in [4.69, 9.17) is 32.7 Å². The van der Waals surface area contributed by atoms with Crippen molar-refractivity contribution in [3.8, 4) is 11.5 Å². The SMILES string of the molecule is CC[C@@H](C)NC(=O)[C@@H](CC)N(Cc1c(Cl)cccc1Cl)C(=O)CN(c1ccc(OC)c(OC)c1)S(=O)(=O)c1ccccc1. The van der Waals surface area contributed by atoms with Crippen molar-refractivity contribution >= 4 is 50.7 Å². The van der Waals surface area contributed by atoms with E-state index in [1.165, 1.54) is 43.4 Å². The lowest BCUT2D eigenvalue weighted by Gasteiger charge is -2.34. The third-order valence-corrected chi connectivity index (χ3v) is 9.54. The fourth-order valence-electron chi connectivity index (χ4n) is 4.44. The van der Waals surface area contributed by atoms with Crippen molar-refractivity contribution in [2.45, 2.75) is 57.1 Å². The molecule has 12 heteroatoms. The second-order valence-electron chi connectivity index (χ2n) is 9.83. The summed E-state index contributed by atoms with van der Waals surface area (Å²) in [7, 11) is -1.36. The maximum absolute atomic E-state index is 14.3. The van der Waals surface area contributed by atoms with Crippen LogP contribution in [0.5, 0.6) is 11.5 Å². The van der Waals surface area contributed by atoms with Gasteiger partial charge in [-0.15, -0.1) is 0 Å². The van der Waals surface area contributed by atoms with Crippen LogP contribution in [0.15, 0.2) is 71.6 Å². The molecule has 0 saturated carbocycles. The molecule has 9 nitrogen and oxygen atoms in total. The number of methoxy groups -OCH3 is 2. The number of anilines is 1. The summed E-state index contributed by atoms with van der Waals surface area (Å²) in [6, 6.07) is 16.2. The van der Waals surface area contributed by atoms with Crippen LogP contribution in [-0.2, 0) is 26.2 Å². The number of carbonyl (C=O) groups excluding carboxylic acids is 2. The van der Waals surface area contributed by atoms with E-state index in [0.29, 0.717) is 27.8 Å². The van der Waals surface area contributed by atoms with Gasteiger partial charge in [0.15, 0.2) is 11.5 Å². The van der Waals surface area contributed by atoms with Crippen LogP contribution in [0.25, 0.3) is 0 Å². The highest BCUT2D eigenvalue weighted by atomic mass is 35.5. The van der Waals surface area contributed by atoms with Crippen LogP contribution in [0.2, 0.25) is 10.0 Å². The van der Waals surface area contributed by atoms with E-state index in [-0.39, 0.29) is 41.2 Å². The summed E-state index contributed by atoms with van der Waals surface area (Å²) >= 11 is 12.9. The number of benzene rings is 3. The maximum Gasteiger partial charge on any atom is 0.264 e. The standard InChI is InChI=1S/C31H37Cl2N3O6S/c1-6-21(3)34-31(38)27(7-2)35(19-24-25(32)14-11-15-26(24)33)30(37)20-36(43(39,40)23-12-9-8-10-13-23)22-16-17-28(41-4)29(18-22)42-5/h8-18,21,27H,6-7,19-20H2,1-5H3,(H,34,38)/t21-,27-/m1/s1. The van der Waals surface area contributed by atoms with Gasteiger partial charge in [-0.2, -0.15) is 0 Å². The molecule has 0 saturated heterocycles. The van der Waals surface area contributed by atoms with E-state index in [9.17, 15) is 18.0 Å². The number of nitrogens with zero attached hydrogens (tertiary/aromatic N) is 2. The molecule has 43 heavy (non-hydrogen) atoms. The van der Waals surface area contributed by atoms with Gasteiger partial charge in [0.05, 0.1) is 24.8 Å². The van der Waals surface area contributed by atoms with Gasteiger partial charge in [-0.1, -0.05) is 61.3 Å². The molecule has 0 heterocycles. The van der Waals surface area contributed by atoms with Crippen molar-refractivity contribution in [1.82, 2.24) is 10.2 Å². The van der Waals surface area contributed by atoms with Gasteiger partial charge in [0.2, 0.25) is 11.8 Å². The lowest BCUT2D eigenvalue weighted by Crippen LogP contribution is -2.53. The molecule has 0 aliphatic heterocycles. The minimum Gasteiger partial charge on any atom is -0.493 e. The monoisotopic (exact) mass is 649 g/mol. The third kappa shape index (κ3) is 8.13. The molecule has 0 unspecified atom stereocenters. The highest BCUT2D eigenvalue weighted by Gasteiger charge is 2.35. The summed E-state index contributed by atoms with van der Waals surface area (Å²) in [6.45, 7) is 4.85. The quantitative estimate of drug-likeness (QED) is 0.232. The molecule has 2 amide bonds. The lowest BCUT2D eigenvalue weighted by molar-refractivity contribution is -0.140. The first kappa shape index (κ1) is 34.0. The van der Waals surface area contributed by atoms with Crippen molar-refractivity contribution in [1.29, 1.82) is 0 Å². The van der Waals surface area contributed by atoms with E-state index >= 15 is 0 Å². The molecule has 3 aromatic carbocycles. The first-order valence-electron chi connectivity index (χ1n) is 13.8. The summed E-state index contributed by atoms with van der Waals surface area (Å²) in [5, 5.41) is 3.57. The Morgan fingerprint density at radius 2 is 1.51 bits per heavy atom. The highest BCUT2D eigenvalue weighted by Crippen LogP contribution is 2.34. The van der Waals surface area contributed by atoms with E-state index in [1.807, 2.05) is 13.8 Å². The van der Waals surface area contributed by atoms with Gasteiger partial charge in [0, 0.05) is 34.3 Å². The number of hydrogen-bond acceptors (Lipinski definition) is 6. The number of rotatable bonds is 14. The Labute approximate surface area is 263 Å². The Bertz CT molecular complexity index is 1500. The number of halogens is 2. The van der Waals surface area contributed by atoms with Crippen LogP contribution in [0, 0.1) is 0 Å². The number of amides is 2. The van der Waals surface area contributed by atoms with Crippen molar-refractivity contribution < 1.29 is 27.5 Å². The van der Waals surface area contributed by atoms with Crippen LogP contribution in [0.4, 0.5) is 5.69 Å². The van der Waals surface area contributed by atoms with Crippen LogP contribution < -0.4 is 19.1 Å². The molecule has 0 aliphatic carbocycles. The molecule has 0 fully saturated rings. The van der Waals surface area contributed by atoms with Crippen LogP contribution in [0.3, 0.4) is 0 Å². The Balaban J connectivity index is 2.14. The molecule has 0 radical (unpaired) electrons. The molecular weight excluding hydrogens is 613 g/mol. The second-order valence-corrected chi connectivity index (χ2v) is 12.5. The molecule has 0 bridgehead atoms. The van der Waals surface area contributed by atoms with Crippen molar-refractivity contribution in [2.75, 3.05) is 25.1 Å². The molecular formula is C31H37Cl2N3O6S. The van der Waals surface area contributed by atoms with Crippen LogP contribution in [-0.4, -0.2) is 58.0 Å². The lowest BCUT2D eigenvalue weighted by atomic mass is 10.1. The maximum atomic E-state index is 14.3. The largest absolute Gasteiger partial charge is 0.493 e. The number of ether oxygens (including phenoxy) is 2. The number of sulfonamides is 1. The number of nitrogens with one attached hydrogen (secondary N) is 1. The number of hydrogen-bond donors (Lipinski definition) is 1. The van der Waals surface area contributed by atoms with Crippen molar-refractivity contribution in [3.05, 3.63) is 82.3 Å². The highest BCUT2D eigenvalue weighted by molar-refractivity contribution is 7.92. The predicted octanol–water partition coefficient (Wildman–Crippen LogP) is 5.93. The van der Waals surface area contributed by atoms with Crippen LogP contribution >= 0.6 is 23.2 Å². The summed E-state index contributed by atoms with van der Waals surface area (Å²) in [5.74, 6) is -0.328. The molecule has 0 aromatic heterocycles. The molecule has 0 spiro atoms. The van der Waals surface area contributed by atoms with E-state index in [2.05, 4.69) is 5.32 Å². The normalized spacial score (nSPS) is 12.6. The van der Waals surface area contributed by atoms with Crippen molar-refractivity contribution in [3.63, 3.8) is 0 Å². The minimum absolute atomic E-state index is 0.0140. The molecule has 3 aromatic rings. The van der Waals surface area contributed by atoms with Gasteiger partial charge in [-0.3, -0.25) is 13.9 Å². The molecule has 3 rings (SSSR count). The topological polar surface area (TPSA) is 105 Å². The van der Waals surface area contributed by atoms with E-state index in [0.717, 1.165) is 4.31 Å². The first-order valence-corrected chi connectivity index (χ1v) is 16.0. The summed E-state index contributed by atoms with van der Waals surface area (Å²) in [6.07, 6.45) is 0.951. The second kappa shape index (κ2) is 15.3. The van der Waals surface area contributed by atoms with Gasteiger partial charge in [0.25, 0.3) is 10.0 Å². The van der Waals surface area contributed by atoms with Crippen molar-refractivity contribution in [2.24, 2.45) is 0 Å². The molecule has 0 aliphatic rings. The average Bonchev–Trinajstić information content (AvgIpc) is 3.00. The molecule has 1 N–H and O–H groups in total. The zero-order valence-electron chi connectivity index (χ0n) is 24.8. The van der Waals surface area contributed by atoms with Gasteiger partial charge in [-0.05, 0) is 56.2 Å². The average molecular weight is 651 g/mol. The van der Waals surface area contributed by atoms with E-state index in [1.54, 1.807) is 49.4 Å². The summed E-state index contributed by atoms with van der Waals surface area (Å²) < 4.78 is 39.8. The van der Waals surface area contributed by atoms with Gasteiger partial charge in [-0.25, -0.2) is 8.42 Å². The van der Waals surface area contributed by atoms with Gasteiger partial charge >= 0.3 is 0 Å². The van der Waals surface area contributed by atoms with Crippen LogP contribution in [0.1, 0.15) is 39.2 Å². The Morgan fingerprint density at radius 3 is 2.07 bits per heavy atom. The Kier molecular flexibility index (Phi) is 12.1. The minimum atomic E-state index is -4.26. The Morgan fingerprint density at radius 1 is 0.884 bits per heavy atom. The fourth-order valence-corrected chi connectivity index (χ4v) is 6.39. The Hall–Kier alpha value is -3.47. The number of carbonyl (C=O) groups is 2. The van der Waals surface area contributed by atoms with Gasteiger partial charge in [0.1, 0.15) is 12.6 Å². The zero-order chi connectivity index (χ0) is 31.7. The third-order valence-electron chi connectivity index (χ3n) is 7.04. The summed E-state index contributed by atoms with van der Waals surface area (Å²) in [4.78, 5) is 29.0. The van der Waals surface area contributed by atoms with E-state index < -0.39 is 28.5 Å². The molecule has 232 valence electrons.